The molecule has 2 amide bonds. The van der Waals surface area contributed by atoms with Crippen molar-refractivity contribution in [3.63, 3.8) is 0 Å². The number of sulfone groups is 2. The van der Waals surface area contributed by atoms with Crippen LogP contribution in [0.5, 0.6) is 11.5 Å². The Labute approximate surface area is 657 Å². The second-order valence-electron chi connectivity index (χ2n) is 30.1. The minimum atomic E-state index is -3.24. The molecule has 16 atom stereocenters. The van der Waals surface area contributed by atoms with Crippen LogP contribution in [0.1, 0.15) is 157 Å². The van der Waals surface area contributed by atoms with E-state index in [2.05, 4.69) is 74.8 Å². The number of hydrogen-bond donors (Lipinski definition) is 10. The molecule has 30 heteroatoms. The third kappa shape index (κ3) is 22.3. The number of carbonyl (C=O) groups is 4. The fourth-order valence-corrected chi connectivity index (χ4v) is 18.5. The van der Waals surface area contributed by atoms with Gasteiger partial charge in [0.1, 0.15) is 55.5 Å². The Morgan fingerprint density at radius 2 is 1.01 bits per heavy atom. The number of nitrogens with zero attached hydrogens (tertiary/aromatic N) is 4. The van der Waals surface area contributed by atoms with Crippen molar-refractivity contribution in [2.24, 2.45) is 58.2 Å². The molecule has 0 aromatic heterocycles. The van der Waals surface area contributed by atoms with Crippen molar-refractivity contribution in [2.45, 2.75) is 187 Å². The number of methoxy groups -OCH3 is 2. The highest BCUT2D eigenvalue weighted by atomic mass is 127. The van der Waals surface area contributed by atoms with Gasteiger partial charge in [-0.3, -0.25) is 19.3 Å². The van der Waals surface area contributed by atoms with Gasteiger partial charge in [0.2, 0.25) is 11.8 Å². The van der Waals surface area contributed by atoms with E-state index in [1.807, 2.05) is 24.3 Å². The molecular weight excluding hydrogens is 1540 g/mol. The smallest absolute Gasteiger partial charge is 0.488 e. The van der Waals surface area contributed by atoms with E-state index >= 15 is 0 Å². The summed E-state index contributed by atoms with van der Waals surface area (Å²) < 4.78 is 58.3. The molecule has 612 valence electrons. The maximum Gasteiger partial charge on any atom is 0.488 e. The summed E-state index contributed by atoms with van der Waals surface area (Å²) in [5.41, 5.74) is 4.13. The number of hydroxylamine groups is 4. The van der Waals surface area contributed by atoms with Gasteiger partial charge in [-0.15, -0.1) is 0 Å². The second kappa shape index (κ2) is 40.1. The molecule has 2 heterocycles. The number of benzene rings is 4. The predicted octanol–water partition coefficient (Wildman–Crippen LogP) is 8.52. The van der Waals surface area contributed by atoms with Crippen LogP contribution in [0, 0.1) is 61.7 Å². The van der Waals surface area contributed by atoms with Crippen molar-refractivity contribution in [1.29, 1.82) is 0 Å². The van der Waals surface area contributed by atoms with E-state index in [0.717, 1.165) is 46.3 Å². The van der Waals surface area contributed by atoms with Crippen molar-refractivity contribution in [2.75, 3.05) is 88.4 Å². The molecule has 8 fully saturated rings. The molecule has 4 aromatic carbocycles. The summed E-state index contributed by atoms with van der Waals surface area (Å²) in [6.45, 7) is 17.1. The first-order valence-corrected chi connectivity index (χ1v) is 39.8. The van der Waals surface area contributed by atoms with Gasteiger partial charge in [0.25, 0.3) is 0 Å². The molecule has 26 nitrogen and oxygen atoms in total. The summed E-state index contributed by atoms with van der Waals surface area (Å²) in [5, 5.41) is 88.5. The van der Waals surface area contributed by atoms with E-state index in [4.69, 9.17) is 34.3 Å². The number of aliphatic hydroxyl groups excluding tert-OH is 4. The molecule has 0 radical (unpaired) electrons. The van der Waals surface area contributed by atoms with E-state index in [-0.39, 0.29) is 135 Å². The topological polar surface area (TPSA) is 372 Å². The Balaban J connectivity index is 0.000000583. The largest absolute Gasteiger partial charge is 0.496 e. The molecule has 2 saturated heterocycles. The fraction of sp³-hybridized carbons (Fsp3) is 0.641. The maximum atomic E-state index is 14.1. The quantitative estimate of drug-likeness (QED) is 0.0208. The predicted molar refractivity (Wildman–Crippen MR) is 436 cm³/mol. The number of halogens is 1. The van der Waals surface area contributed by atoms with Gasteiger partial charge in [-0.05, 0) is 162 Å². The van der Waals surface area contributed by atoms with Crippen LogP contribution in [0.2, 0.25) is 0 Å². The highest BCUT2D eigenvalue weighted by Crippen LogP contribution is 2.62. The Morgan fingerprint density at radius 3 is 1.36 bits per heavy atom. The molecule has 4 bridgehead atoms. The van der Waals surface area contributed by atoms with Crippen molar-refractivity contribution in [3.8, 4) is 22.6 Å². The van der Waals surface area contributed by atoms with Crippen LogP contribution in [0.25, 0.3) is 11.1 Å². The zero-order valence-corrected chi connectivity index (χ0v) is 64.5. The first kappa shape index (κ1) is 98.3. The summed E-state index contributed by atoms with van der Waals surface area (Å²) >= 11 is 2.22. The molecule has 2 unspecified atom stereocenters. The number of amides is 2. The number of hydrogen-bond acceptors (Lipinski definition) is 22. The monoisotopic (exact) mass is 1670 g/mol. The third-order valence-corrected chi connectivity index (χ3v) is 25.5. The van der Waals surface area contributed by atoms with E-state index in [1.54, 1.807) is 68.1 Å². The summed E-state index contributed by atoms with van der Waals surface area (Å²) in [5.74, 6) is 0.0368. The van der Waals surface area contributed by atoms with Crippen LogP contribution in [-0.2, 0) is 52.0 Å². The van der Waals surface area contributed by atoms with E-state index < -0.39 is 87.1 Å². The first-order chi connectivity index (χ1) is 47.7. The molecule has 10 N–H and O–H groups in total. The molecule has 8 aliphatic rings. The Kier molecular flexibility index (Phi) is 36.5. The molecule has 2 aliphatic heterocycles. The van der Waals surface area contributed by atoms with E-state index in [9.17, 15) is 61.5 Å². The van der Waals surface area contributed by atoms with Crippen LogP contribution in [-0.4, -0.2) is 226 Å². The number of nitrogens with one attached hydrogen (secondary N) is 2. The van der Waals surface area contributed by atoms with Gasteiger partial charge < -0.3 is 70.6 Å². The minimum Gasteiger partial charge on any atom is -0.496 e. The number of fused-ring (bicyclic) bond motifs is 4. The van der Waals surface area contributed by atoms with Gasteiger partial charge in [-0.1, -0.05) is 116 Å². The van der Waals surface area contributed by atoms with Gasteiger partial charge in [-0.25, -0.2) is 26.4 Å². The molecule has 0 spiro atoms. The van der Waals surface area contributed by atoms with Crippen molar-refractivity contribution >= 4 is 90.0 Å². The van der Waals surface area contributed by atoms with Crippen molar-refractivity contribution in [1.82, 2.24) is 20.8 Å². The molecule has 108 heavy (non-hydrogen) atoms. The lowest BCUT2D eigenvalue weighted by molar-refractivity contribution is -0.183. The normalized spacial score (nSPS) is 26.0. The fourth-order valence-electron chi connectivity index (χ4n) is 16.5. The van der Waals surface area contributed by atoms with Gasteiger partial charge in [0, 0.05) is 91.7 Å². The number of aromatic carboxylic acids is 2. The van der Waals surface area contributed by atoms with Gasteiger partial charge in [0.15, 0.2) is 0 Å². The van der Waals surface area contributed by atoms with Crippen LogP contribution >= 0.6 is 22.6 Å². The van der Waals surface area contributed by atoms with Crippen LogP contribution in [0.3, 0.4) is 0 Å². The summed E-state index contributed by atoms with van der Waals surface area (Å²) in [6, 6.07) is 18.5. The molecule has 6 aliphatic carbocycles. The van der Waals surface area contributed by atoms with Crippen LogP contribution < -0.4 is 35.4 Å². The van der Waals surface area contributed by atoms with Crippen LogP contribution in [0.15, 0.2) is 72.8 Å². The van der Waals surface area contributed by atoms with E-state index in [0.29, 0.717) is 81.3 Å². The minimum absolute atomic E-state index is 0. The Morgan fingerprint density at radius 1 is 0.620 bits per heavy atom. The Hall–Kier alpha value is -5.75. The average Bonchev–Trinajstić information content (AvgIpc) is 0.942. The maximum absolute atomic E-state index is 14.1. The lowest BCUT2D eigenvalue weighted by Crippen LogP contribution is -2.62. The summed E-state index contributed by atoms with van der Waals surface area (Å²) in [6.07, 6.45) is 3.35. The number of carbonyl (C=O) groups excluding carboxylic acids is 2. The molecule has 6 saturated carbocycles. The van der Waals surface area contributed by atoms with Gasteiger partial charge in [0.05, 0.1) is 78.9 Å². The SMILES string of the molecule is C.C.C.C.C.C.CN(CCS(C)(=O)=O)c1cc(B(O)O)cc(C(=O)O)c1.COc1c(CN2O[C@@H](CO)C([C@H](C)O)[C@H]2C(=O)N[C@H]2C[C@H]3C[C@@H]([C@@H]2C)C3(C)C)cccc1-c1cc(C(=O)O)cc(N(C)CCS(C)(=O)=O)c1.COc1c(I)cccc1CN1O[C@@H](CO)C([C@H](C)O)[C@H]1C(=O)N[C@H]1C[C@H]2C[C@@H]([C@@H]1C)C2(C)C. The lowest BCUT2D eigenvalue weighted by atomic mass is 9.45. The Bertz CT molecular complexity index is 3890. The van der Waals surface area contributed by atoms with Gasteiger partial charge >= 0.3 is 19.1 Å². The number of carboxylic acid groups (broad SMARTS) is 2. The highest BCUT2D eigenvalue weighted by molar-refractivity contribution is 14.1. The summed E-state index contributed by atoms with van der Waals surface area (Å²) in [7, 11) is -1.74. The van der Waals surface area contributed by atoms with Crippen molar-refractivity contribution < 1.29 is 95.8 Å². The van der Waals surface area contributed by atoms with Crippen LogP contribution in [0.4, 0.5) is 11.4 Å². The summed E-state index contributed by atoms with van der Waals surface area (Å²) in [4.78, 5) is 66.4. The lowest BCUT2D eigenvalue weighted by Gasteiger charge is -2.62. The molecule has 4 aromatic rings. The first-order valence-electron chi connectivity index (χ1n) is 34.6. The second-order valence-corrected chi connectivity index (χ2v) is 35.8. The molecular formula is C78H128BIN6O20S2. The zero-order valence-electron chi connectivity index (χ0n) is 60.7. The standard InChI is InChI=1S/C36H51N3O9S.C25H37IN2O5.C11H16BNO6S.6CH4/c1-20-28-16-25(36(28,3)4)17-29(20)37-34(42)32-31(21(2)41)30(19-40)48-39(32)18-22-9-8-10-27(33(22)47-6)23-13-24(35(43)44)15-26(14-23)38(5)11-12-49(7,45)46;1-13-17-9-16(25(17,3)4)10-19(13)27-24(31)22-21(14(2)30)20(12-29)33-28(22)11-15-7-6-8-18(26)23(15)32-5;1-13(3-4-20(2,18)19)10-6-8(11(14)15)5-9(7-10)12(16)17;;;;;;/h8-10,13-15,20-21,25,28-32,40-41H,11-12,16-19H2,1-7H3,(H,37,42)(H,43,44);6-8,13-14,16-17,19-22,29-30H,9-12H2,1-5H3,(H,27,31);5-7,16-17H,3-4H2,1-2H3,(H,14,15);6*1H4/t20-,21-,25+,28-,29-,30-,31?,32-;13-,14-,16+,17-,19-,20-,21?,22-;;;;;;;/m00......./s1. The van der Waals surface area contributed by atoms with Crippen molar-refractivity contribution in [3.05, 3.63) is 98.6 Å². The number of aliphatic hydroxyl groups is 4. The number of rotatable bonds is 26. The van der Waals surface area contributed by atoms with E-state index in [1.165, 1.54) is 49.3 Å². The molecule has 12 rings (SSSR count). The highest BCUT2D eigenvalue weighted by Gasteiger charge is 2.59. The number of ether oxygens (including phenoxy) is 2. The number of anilines is 2. The zero-order chi connectivity index (χ0) is 75.6. The number of para-hydroxylation sites is 2. The number of carboxylic acids is 2. The average molecular weight is 1670 g/mol. The van der Waals surface area contributed by atoms with Gasteiger partial charge in [-0.2, -0.15) is 10.1 Å². The third-order valence-electron chi connectivity index (χ3n) is 22.8.